The van der Waals surface area contributed by atoms with E-state index in [1.54, 1.807) is 6.07 Å². The van der Waals surface area contributed by atoms with Crippen molar-refractivity contribution in [2.24, 2.45) is 11.8 Å². The molecule has 4 rings (SSSR count). The summed E-state index contributed by atoms with van der Waals surface area (Å²) < 4.78 is 15.9. The lowest BCUT2D eigenvalue weighted by molar-refractivity contribution is 0.224. The molecule has 2 aliphatic heterocycles. The average molecular weight is 328 g/mol. The van der Waals surface area contributed by atoms with Crippen LogP contribution in [0.3, 0.4) is 0 Å². The highest BCUT2D eigenvalue weighted by molar-refractivity contribution is 5.23. The van der Waals surface area contributed by atoms with E-state index in [-0.39, 0.29) is 5.82 Å². The fourth-order valence-electron chi connectivity index (χ4n) is 4.61. The molecular formula is C19H25FN4. The first-order valence-electron chi connectivity index (χ1n) is 8.77. The Morgan fingerprint density at radius 2 is 2.08 bits per heavy atom. The highest BCUT2D eigenvalue weighted by Crippen LogP contribution is 2.43. The van der Waals surface area contributed by atoms with Crippen molar-refractivity contribution in [1.82, 2.24) is 19.4 Å². The Kier molecular flexibility index (Phi) is 4.14. The third kappa shape index (κ3) is 2.87. The molecule has 2 saturated heterocycles. The number of halogens is 1. The van der Waals surface area contributed by atoms with Crippen LogP contribution in [0.15, 0.2) is 36.7 Å². The summed E-state index contributed by atoms with van der Waals surface area (Å²) in [5.74, 6) is 2.23. The third-order valence-corrected chi connectivity index (χ3v) is 5.74. The van der Waals surface area contributed by atoms with Gasteiger partial charge in [-0.15, -0.1) is 0 Å². The Morgan fingerprint density at radius 3 is 2.83 bits per heavy atom. The molecule has 0 aliphatic carbocycles. The van der Waals surface area contributed by atoms with Crippen molar-refractivity contribution in [3.63, 3.8) is 0 Å². The number of rotatable bonds is 4. The molecule has 0 spiro atoms. The molecule has 24 heavy (non-hydrogen) atoms. The molecule has 0 unspecified atom stereocenters. The highest BCUT2D eigenvalue weighted by Gasteiger charge is 2.45. The van der Waals surface area contributed by atoms with Crippen LogP contribution >= 0.6 is 0 Å². The number of hydrogen-bond acceptors (Lipinski definition) is 3. The molecule has 1 aromatic carbocycles. The van der Waals surface area contributed by atoms with Crippen molar-refractivity contribution < 1.29 is 4.39 Å². The fourth-order valence-corrected chi connectivity index (χ4v) is 4.61. The summed E-state index contributed by atoms with van der Waals surface area (Å²) >= 11 is 0. The molecule has 128 valence electrons. The van der Waals surface area contributed by atoms with Crippen LogP contribution < -0.4 is 0 Å². The normalized spacial score (nSPS) is 27.7. The zero-order valence-corrected chi connectivity index (χ0v) is 14.4. The minimum absolute atomic E-state index is 0.130. The number of hydrogen-bond donors (Lipinski definition) is 0. The van der Waals surface area contributed by atoms with Crippen molar-refractivity contribution in [3.8, 4) is 0 Å². The Labute approximate surface area is 142 Å². The van der Waals surface area contributed by atoms with Gasteiger partial charge in [-0.1, -0.05) is 12.1 Å². The van der Waals surface area contributed by atoms with Gasteiger partial charge in [0.2, 0.25) is 0 Å². The number of nitrogens with zero attached hydrogens (tertiary/aromatic N) is 4. The maximum Gasteiger partial charge on any atom is 0.123 e. The summed E-state index contributed by atoms with van der Waals surface area (Å²) in [6.07, 6.45) is 3.92. The first-order valence-corrected chi connectivity index (χ1v) is 8.77. The van der Waals surface area contributed by atoms with E-state index < -0.39 is 0 Å². The van der Waals surface area contributed by atoms with Crippen molar-refractivity contribution in [3.05, 3.63) is 53.9 Å². The van der Waals surface area contributed by atoms with Gasteiger partial charge < -0.3 is 9.47 Å². The number of fused-ring (bicyclic) bond motifs is 1. The molecule has 5 heteroatoms. The Balaban J connectivity index is 1.44. The van der Waals surface area contributed by atoms with Gasteiger partial charge in [-0.3, -0.25) is 4.90 Å². The second kappa shape index (κ2) is 6.30. The molecule has 0 bridgehead atoms. The van der Waals surface area contributed by atoms with Crippen LogP contribution in [0, 0.1) is 24.6 Å². The van der Waals surface area contributed by atoms with Gasteiger partial charge in [0.05, 0.1) is 0 Å². The van der Waals surface area contributed by atoms with Gasteiger partial charge in [0.1, 0.15) is 11.6 Å². The predicted molar refractivity (Wildman–Crippen MR) is 92.2 cm³/mol. The Morgan fingerprint density at radius 1 is 1.21 bits per heavy atom. The van der Waals surface area contributed by atoms with E-state index in [1.165, 1.54) is 6.07 Å². The minimum atomic E-state index is -0.130. The summed E-state index contributed by atoms with van der Waals surface area (Å²) in [6, 6.07) is 7.49. The van der Waals surface area contributed by atoms with Gasteiger partial charge in [0, 0.05) is 51.2 Å². The number of aryl methyl sites for hydroxylation is 1. The maximum absolute atomic E-state index is 13.6. The van der Waals surface area contributed by atoms with E-state index in [1.807, 2.05) is 19.2 Å². The van der Waals surface area contributed by atoms with Crippen LogP contribution in [0.1, 0.15) is 17.4 Å². The van der Waals surface area contributed by atoms with Crippen molar-refractivity contribution in [2.75, 3.05) is 33.2 Å². The SMILES string of the molecule is Cc1nccn1CCN1C[C@@H]2CN(C)[C@@H](c3cccc(F)c3)[C@@H]2C1. The van der Waals surface area contributed by atoms with E-state index >= 15 is 0 Å². The van der Waals surface area contributed by atoms with Gasteiger partial charge >= 0.3 is 0 Å². The summed E-state index contributed by atoms with van der Waals surface area (Å²) in [5.41, 5.74) is 1.12. The van der Waals surface area contributed by atoms with Gasteiger partial charge in [0.15, 0.2) is 0 Å². The van der Waals surface area contributed by atoms with E-state index in [0.29, 0.717) is 17.9 Å². The number of likely N-dealkylation sites (tertiary alicyclic amines) is 2. The summed E-state index contributed by atoms with van der Waals surface area (Å²) in [5, 5.41) is 0. The lowest BCUT2D eigenvalue weighted by Gasteiger charge is -2.27. The standard InChI is InChI=1S/C19H25FN4/c1-14-21-6-7-24(14)9-8-23-12-16-11-22(2)19(18(16)13-23)15-4-3-5-17(20)10-15/h3-7,10,16,18-19H,8-9,11-13H2,1-2H3/t16-,18+,19-/m0/s1. The van der Waals surface area contributed by atoms with Crippen LogP contribution in [0.25, 0.3) is 0 Å². The Hall–Kier alpha value is -1.72. The van der Waals surface area contributed by atoms with Crippen LogP contribution in [0.5, 0.6) is 0 Å². The minimum Gasteiger partial charge on any atom is -0.334 e. The molecular weight excluding hydrogens is 303 g/mol. The van der Waals surface area contributed by atoms with Crippen LogP contribution in [-0.2, 0) is 6.54 Å². The van der Waals surface area contributed by atoms with E-state index in [4.69, 9.17) is 0 Å². The molecule has 3 atom stereocenters. The zero-order valence-electron chi connectivity index (χ0n) is 14.4. The molecule has 2 fully saturated rings. The molecule has 3 heterocycles. The van der Waals surface area contributed by atoms with Crippen molar-refractivity contribution in [2.45, 2.75) is 19.5 Å². The van der Waals surface area contributed by atoms with Crippen molar-refractivity contribution in [1.29, 1.82) is 0 Å². The van der Waals surface area contributed by atoms with Gasteiger partial charge in [-0.05, 0) is 43.5 Å². The quantitative estimate of drug-likeness (QED) is 0.862. The molecule has 0 N–H and O–H groups in total. The second-order valence-corrected chi connectivity index (χ2v) is 7.29. The van der Waals surface area contributed by atoms with E-state index in [2.05, 4.69) is 38.7 Å². The Bertz CT molecular complexity index is 713. The molecule has 0 radical (unpaired) electrons. The van der Waals surface area contributed by atoms with Gasteiger partial charge in [-0.2, -0.15) is 0 Å². The third-order valence-electron chi connectivity index (χ3n) is 5.74. The second-order valence-electron chi connectivity index (χ2n) is 7.29. The van der Waals surface area contributed by atoms with Crippen molar-refractivity contribution >= 4 is 0 Å². The van der Waals surface area contributed by atoms with Gasteiger partial charge in [-0.25, -0.2) is 9.37 Å². The smallest absolute Gasteiger partial charge is 0.123 e. The molecule has 0 amide bonds. The molecule has 4 nitrogen and oxygen atoms in total. The van der Waals surface area contributed by atoms with Crippen LogP contribution in [0.4, 0.5) is 4.39 Å². The van der Waals surface area contributed by atoms with Crippen LogP contribution in [0.2, 0.25) is 0 Å². The van der Waals surface area contributed by atoms with E-state index in [0.717, 1.165) is 44.1 Å². The summed E-state index contributed by atoms with van der Waals surface area (Å²) in [6.45, 7) is 7.45. The average Bonchev–Trinajstić information content (AvgIpc) is 3.19. The zero-order chi connectivity index (χ0) is 16.7. The van der Waals surface area contributed by atoms with Gasteiger partial charge in [0.25, 0.3) is 0 Å². The first-order chi connectivity index (χ1) is 11.6. The summed E-state index contributed by atoms with van der Waals surface area (Å²) in [4.78, 5) is 9.26. The largest absolute Gasteiger partial charge is 0.334 e. The first kappa shape index (κ1) is 15.8. The van der Waals surface area contributed by atoms with Crippen LogP contribution in [-0.4, -0.2) is 52.6 Å². The molecule has 2 aromatic rings. The van der Waals surface area contributed by atoms with E-state index in [9.17, 15) is 4.39 Å². The summed E-state index contributed by atoms with van der Waals surface area (Å²) in [7, 11) is 2.17. The molecule has 1 aromatic heterocycles. The highest BCUT2D eigenvalue weighted by atomic mass is 19.1. The number of benzene rings is 1. The monoisotopic (exact) mass is 328 g/mol. The number of imidazole rings is 1. The lowest BCUT2D eigenvalue weighted by atomic mass is 9.89. The fraction of sp³-hybridized carbons (Fsp3) is 0.526. The maximum atomic E-state index is 13.6. The predicted octanol–water partition coefficient (Wildman–Crippen LogP) is 2.57. The topological polar surface area (TPSA) is 24.3 Å². The molecule has 2 aliphatic rings. The number of aromatic nitrogens is 2. The lowest BCUT2D eigenvalue weighted by Crippen LogP contribution is -2.31. The molecule has 0 saturated carbocycles.